The third-order valence-electron chi connectivity index (χ3n) is 3.06. The average molecular weight is 255 g/mol. The second-order valence-electron chi connectivity index (χ2n) is 4.37. The highest BCUT2D eigenvalue weighted by Crippen LogP contribution is 2.13. The lowest BCUT2D eigenvalue weighted by Gasteiger charge is -2.01. The standard InChI is InChI=1S/C13H13N5O/c1-18-9(7-8-5-3-2-4-6-8)15-11-10(18)12(19)17-13(14)16-11/h2-6H,7H2,1H3,(H3,14,16,17,19). The fraction of sp³-hybridized carbons (Fsp3) is 0.154. The molecular formula is C13H13N5O. The zero-order valence-corrected chi connectivity index (χ0v) is 10.4. The van der Waals surface area contributed by atoms with Gasteiger partial charge in [-0.25, -0.2) is 4.98 Å². The molecule has 1 aromatic carbocycles. The van der Waals surface area contributed by atoms with Crippen LogP contribution in [0.5, 0.6) is 0 Å². The Morgan fingerprint density at radius 2 is 2.00 bits per heavy atom. The van der Waals surface area contributed by atoms with Gasteiger partial charge in [0, 0.05) is 13.5 Å². The smallest absolute Gasteiger partial charge is 0.278 e. The number of aromatic nitrogens is 4. The topological polar surface area (TPSA) is 89.6 Å². The molecule has 0 saturated heterocycles. The van der Waals surface area contributed by atoms with Gasteiger partial charge in [-0.3, -0.25) is 9.78 Å². The first-order valence-electron chi connectivity index (χ1n) is 5.90. The van der Waals surface area contributed by atoms with Crippen molar-refractivity contribution in [1.29, 1.82) is 0 Å². The predicted molar refractivity (Wildman–Crippen MR) is 72.8 cm³/mol. The van der Waals surface area contributed by atoms with Gasteiger partial charge in [-0.1, -0.05) is 30.3 Å². The average Bonchev–Trinajstić information content (AvgIpc) is 2.67. The molecule has 3 N–H and O–H groups in total. The number of nitrogen functional groups attached to an aromatic ring is 1. The van der Waals surface area contributed by atoms with E-state index >= 15 is 0 Å². The van der Waals surface area contributed by atoms with Gasteiger partial charge in [-0.15, -0.1) is 0 Å². The number of H-pyrrole nitrogens is 1. The molecule has 0 saturated carbocycles. The molecule has 0 fully saturated rings. The highest BCUT2D eigenvalue weighted by atomic mass is 16.1. The van der Waals surface area contributed by atoms with Gasteiger partial charge < -0.3 is 10.3 Å². The Hall–Kier alpha value is -2.63. The molecule has 0 unspecified atom stereocenters. The molecule has 0 spiro atoms. The highest BCUT2D eigenvalue weighted by Gasteiger charge is 2.13. The molecule has 6 nitrogen and oxygen atoms in total. The Labute approximate surface area is 108 Å². The summed E-state index contributed by atoms with van der Waals surface area (Å²) in [6.45, 7) is 0. The fourth-order valence-electron chi connectivity index (χ4n) is 2.12. The van der Waals surface area contributed by atoms with Crippen molar-refractivity contribution in [2.75, 3.05) is 5.73 Å². The summed E-state index contributed by atoms with van der Waals surface area (Å²) < 4.78 is 1.76. The lowest BCUT2D eigenvalue weighted by atomic mass is 10.1. The summed E-state index contributed by atoms with van der Waals surface area (Å²) in [4.78, 5) is 22.8. The van der Waals surface area contributed by atoms with Crippen LogP contribution in [0.1, 0.15) is 11.4 Å². The zero-order valence-electron chi connectivity index (χ0n) is 10.4. The number of aryl methyl sites for hydroxylation is 1. The van der Waals surface area contributed by atoms with Gasteiger partial charge in [0.15, 0.2) is 11.2 Å². The van der Waals surface area contributed by atoms with Crippen molar-refractivity contribution in [3.05, 3.63) is 52.1 Å². The van der Waals surface area contributed by atoms with Crippen molar-refractivity contribution >= 4 is 17.1 Å². The number of imidazole rings is 1. The van der Waals surface area contributed by atoms with E-state index in [1.165, 1.54) is 0 Å². The maximum Gasteiger partial charge on any atom is 0.278 e. The first-order chi connectivity index (χ1) is 9.15. The summed E-state index contributed by atoms with van der Waals surface area (Å²) in [5, 5.41) is 0. The Morgan fingerprint density at radius 1 is 1.26 bits per heavy atom. The van der Waals surface area contributed by atoms with Crippen LogP contribution in [0.2, 0.25) is 0 Å². The van der Waals surface area contributed by atoms with Crippen molar-refractivity contribution in [2.45, 2.75) is 6.42 Å². The fourth-order valence-corrected chi connectivity index (χ4v) is 2.12. The lowest BCUT2D eigenvalue weighted by Crippen LogP contribution is -2.13. The van der Waals surface area contributed by atoms with Crippen molar-refractivity contribution < 1.29 is 0 Å². The summed E-state index contributed by atoms with van der Waals surface area (Å²) >= 11 is 0. The number of benzene rings is 1. The van der Waals surface area contributed by atoms with Gasteiger partial charge in [-0.05, 0) is 5.56 Å². The van der Waals surface area contributed by atoms with Gasteiger partial charge >= 0.3 is 0 Å². The molecule has 0 amide bonds. The zero-order chi connectivity index (χ0) is 13.4. The van der Waals surface area contributed by atoms with E-state index < -0.39 is 0 Å². The summed E-state index contributed by atoms with van der Waals surface area (Å²) in [5.41, 5.74) is 7.21. The van der Waals surface area contributed by atoms with E-state index in [-0.39, 0.29) is 11.5 Å². The third-order valence-corrected chi connectivity index (χ3v) is 3.06. The number of nitrogens with zero attached hydrogens (tertiary/aromatic N) is 3. The van der Waals surface area contributed by atoms with Gasteiger partial charge in [0.1, 0.15) is 5.82 Å². The van der Waals surface area contributed by atoms with E-state index in [0.717, 1.165) is 11.4 Å². The minimum Gasteiger partial charge on any atom is -0.369 e. The monoisotopic (exact) mass is 255 g/mol. The SMILES string of the molecule is Cn1c(Cc2ccccc2)nc2nc(N)[nH]c(=O)c21. The summed E-state index contributed by atoms with van der Waals surface area (Å²) in [6.07, 6.45) is 0.646. The Morgan fingerprint density at radius 3 is 2.74 bits per heavy atom. The number of aromatic amines is 1. The largest absolute Gasteiger partial charge is 0.369 e. The van der Waals surface area contributed by atoms with Crippen LogP contribution in [0, 0.1) is 0 Å². The van der Waals surface area contributed by atoms with E-state index in [2.05, 4.69) is 15.0 Å². The van der Waals surface area contributed by atoms with E-state index in [1.807, 2.05) is 30.3 Å². The molecule has 96 valence electrons. The van der Waals surface area contributed by atoms with Crippen molar-refractivity contribution in [2.24, 2.45) is 7.05 Å². The molecular weight excluding hydrogens is 242 g/mol. The van der Waals surface area contributed by atoms with E-state index in [1.54, 1.807) is 11.6 Å². The molecule has 0 bridgehead atoms. The Kier molecular flexibility index (Phi) is 2.56. The van der Waals surface area contributed by atoms with E-state index in [4.69, 9.17) is 5.73 Å². The predicted octanol–water partition coefficient (Wildman–Crippen LogP) is 0.830. The van der Waals surface area contributed by atoms with Crippen LogP contribution in [0.3, 0.4) is 0 Å². The number of hydrogen-bond acceptors (Lipinski definition) is 4. The quantitative estimate of drug-likeness (QED) is 0.709. The number of nitrogens with one attached hydrogen (secondary N) is 1. The number of anilines is 1. The maximum atomic E-state index is 11.8. The molecule has 3 rings (SSSR count). The molecule has 0 atom stereocenters. The molecule has 0 aliphatic heterocycles. The minimum absolute atomic E-state index is 0.0851. The van der Waals surface area contributed by atoms with Crippen LogP contribution in [-0.4, -0.2) is 19.5 Å². The Bertz CT molecular complexity index is 788. The minimum atomic E-state index is -0.267. The van der Waals surface area contributed by atoms with Crippen LogP contribution >= 0.6 is 0 Å². The summed E-state index contributed by atoms with van der Waals surface area (Å²) in [7, 11) is 1.81. The molecule has 2 heterocycles. The van der Waals surface area contributed by atoms with Crippen molar-refractivity contribution in [3.63, 3.8) is 0 Å². The van der Waals surface area contributed by atoms with Crippen molar-refractivity contribution in [1.82, 2.24) is 19.5 Å². The van der Waals surface area contributed by atoms with E-state index in [0.29, 0.717) is 17.6 Å². The second-order valence-corrected chi connectivity index (χ2v) is 4.37. The van der Waals surface area contributed by atoms with Gasteiger partial charge in [-0.2, -0.15) is 4.98 Å². The van der Waals surface area contributed by atoms with Crippen LogP contribution < -0.4 is 11.3 Å². The number of fused-ring (bicyclic) bond motifs is 1. The Balaban J connectivity index is 2.13. The van der Waals surface area contributed by atoms with Gasteiger partial charge in [0.25, 0.3) is 5.56 Å². The van der Waals surface area contributed by atoms with Gasteiger partial charge in [0.05, 0.1) is 0 Å². The molecule has 19 heavy (non-hydrogen) atoms. The highest BCUT2D eigenvalue weighted by molar-refractivity contribution is 5.71. The van der Waals surface area contributed by atoms with Crippen molar-refractivity contribution in [3.8, 4) is 0 Å². The molecule has 3 aromatic rings. The molecule has 2 aromatic heterocycles. The number of rotatable bonds is 2. The number of hydrogen-bond donors (Lipinski definition) is 2. The summed E-state index contributed by atoms with van der Waals surface area (Å²) in [6, 6.07) is 9.95. The van der Waals surface area contributed by atoms with Crippen LogP contribution in [0.4, 0.5) is 5.95 Å². The maximum absolute atomic E-state index is 11.8. The molecule has 0 radical (unpaired) electrons. The van der Waals surface area contributed by atoms with Crippen LogP contribution in [0.25, 0.3) is 11.2 Å². The van der Waals surface area contributed by atoms with Gasteiger partial charge in [0.2, 0.25) is 5.95 Å². The first-order valence-corrected chi connectivity index (χ1v) is 5.90. The van der Waals surface area contributed by atoms with E-state index in [9.17, 15) is 4.79 Å². The summed E-state index contributed by atoms with van der Waals surface area (Å²) in [5.74, 6) is 0.867. The lowest BCUT2D eigenvalue weighted by molar-refractivity contribution is 0.841. The van der Waals surface area contributed by atoms with Crippen LogP contribution in [0.15, 0.2) is 35.1 Å². The molecule has 0 aliphatic rings. The normalized spacial score (nSPS) is 11.0. The second kappa shape index (κ2) is 4.24. The first kappa shape index (κ1) is 11.5. The third kappa shape index (κ3) is 1.97. The molecule has 0 aliphatic carbocycles. The molecule has 6 heteroatoms. The number of nitrogens with two attached hydrogens (primary N) is 1. The van der Waals surface area contributed by atoms with Crippen LogP contribution in [-0.2, 0) is 13.5 Å².